The van der Waals surface area contributed by atoms with E-state index < -0.39 is 11.4 Å². The molecule has 3 aliphatic rings. The summed E-state index contributed by atoms with van der Waals surface area (Å²) in [5.74, 6) is -0.497. The Morgan fingerprint density at radius 1 is 1.21 bits per heavy atom. The normalized spacial score (nSPS) is 27.4. The van der Waals surface area contributed by atoms with Crippen LogP contribution in [0.4, 0.5) is 4.79 Å². The predicted octanol–water partition coefficient (Wildman–Crippen LogP) is -0.211. The van der Waals surface area contributed by atoms with Crippen LogP contribution < -0.4 is 5.32 Å². The lowest BCUT2D eigenvalue weighted by Crippen LogP contribution is -2.51. The van der Waals surface area contributed by atoms with Crippen molar-refractivity contribution in [3.63, 3.8) is 0 Å². The lowest BCUT2D eigenvalue weighted by molar-refractivity contribution is -0.146. The van der Waals surface area contributed by atoms with Crippen molar-refractivity contribution in [1.82, 2.24) is 20.0 Å². The lowest BCUT2D eigenvalue weighted by atomic mass is 9.78. The highest BCUT2D eigenvalue weighted by Gasteiger charge is 2.49. The van der Waals surface area contributed by atoms with E-state index in [1.807, 2.05) is 4.90 Å². The summed E-state index contributed by atoms with van der Waals surface area (Å²) >= 11 is 0. The van der Waals surface area contributed by atoms with Gasteiger partial charge in [0.25, 0.3) is 5.91 Å². The maximum Gasteiger partial charge on any atom is 0.325 e. The van der Waals surface area contributed by atoms with Crippen molar-refractivity contribution >= 4 is 23.8 Å². The van der Waals surface area contributed by atoms with Gasteiger partial charge in [0.2, 0.25) is 11.8 Å². The summed E-state index contributed by atoms with van der Waals surface area (Å²) in [5.41, 5.74) is -0.472. The van der Waals surface area contributed by atoms with Gasteiger partial charge in [0, 0.05) is 26.2 Å². The molecule has 3 heterocycles. The first-order valence-electron chi connectivity index (χ1n) is 8.62. The van der Waals surface area contributed by atoms with E-state index >= 15 is 0 Å². The third kappa shape index (κ3) is 2.85. The highest BCUT2D eigenvalue weighted by Crippen LogP contribution is 2.40. The number of amides is 5. The molecule has 0 aromatic rings. The smallest absolute Gasteiger partial charge is 0.325 e. The molecule has 0 saturated carbocycles. The van der Waals surface area contributed by atoms with E-state index in [2.05, 4.69) is 12.2 Å². The summed E-state index contributed by atoms with van der Waals surface area (Å²) in [5, 5.41) is 2.40. The van der Waals surface area contributed by atoms with Gasteiger partial charge < -0.3 is 15.1 Å². The van der Waals surface area contributed by atoms with E-state index in [1.165, 1.54) is 0 Å². The molecule has 8 nitrogen and oxygen atoms in total. The molecule has 0 bridgehead atoms. The van der Waals surface area contributed by atoms with Gasteiger partial charge in [0.05, 0.1) is 12.0 Å². The number of carbonyl (C=O) groups is 4. The molecule has 5 amide bonds. The molecular weight excluding hydrogens is 312 g/mol. The molecule has 3 fully saturated rings. The Hall–Kier alpha value is -2.12. The van der Waals surface area contributed by atoms with E-state index in [-0.39, 0.29) is 30.8 Å². The number of piperidine rings is 1. The third-order valence-electron chi connectivity index (χ3n) is 5.25. The molecule has 3 aliphatic heterocycles. The van der Waals surface area contributed by atoms with Crippen LogP contribution in [0.15, 0.2) is 0 Å². The molecule has 1 spiro atoms. The van der Waals surface area contributed by atoms with Crippen LogP contribution in [0, 0.1) is 5.41 Å². The first kappa shape index (κ1) is 16.7. The second-order valence-corrected chi connectivity index (χ2v) is 6.88. The Morgan fingerprint density at radius 3 is 2.67 bits per heavy atom. The van der Waals surface area contributed by atoms with Crippen molar-refractivity contribution in [3.8, 4) is 0 Å². The van der Waals surface area contributed by atoms with E-state index in [4.69, 9.17) is 0 Å². The fourth-order valence-electron chi connectivity index (χ4n) is 3.95. The standard InChI is InChI=1S/C16H24N4O4/c1-2-6-18-7-3-4-16(14(18)23)5-8-19(11-16)13(22)10-20-12(21)9-17-15(20)24/h2-11H2,1H3,(H,17,24)/t16-/m0/s1. The SMILES string of the molecule is CCCN1CCC[C@@]2(CCN(C(=O)CN3C(=O)CNC3=O)C2)C1=O. The number of nitrogens with one attached hydrogen (secondary N) is 1. The van der Waals surface area contributed by atoms with E-state index in [0.29, 0.717) is 19.5 Å². The fourth-order valence-corrected chi connectivity index (χ4v) is 3.95. The van der Waals surface area contributed by atoms with Crippen molar-refractivity contribution in [3.05, 3.63) is 0 Å². The first-order valence-corrected chi connectivity index (χ1v) is 8.62. The van der Waals surface area contributed by atoms with Gasteiger partial charge in [-0.05, 0) is 25.7 Å². The van der Waals surface area contributed by atoms with Gasteiger partial charge >= 0.3 is 6.03 Å². The largest absolute Gasteiger partial charge is 0.342 e. The summed E-state index contributed by atoms with van der Waals surface area (Å²) in [4.78, 5) is 52.9. The van der Waals surface area contributed by atoms with Crippen molar-refractivity contribution in [2.45, 2.75) is 32.6 Å². The van der Waals surface area contributed by atoms with Crippen LogP contribution in [0.2, 0.25) is 0 Å². The highest BCUT2D eigenvalue weighted by molar-refractivity contribution is 6.04. The second-order valence-electron chi connectivity index (χ2n) is 6.88. The van der Waals surface area contributed by atoms with Gasteiger partial charge in [-0.2, -0.15) is 0 Å². The Labute approximate surface area is 141 Å². The molecule has 3 rings (SSSR count). The number of rotatable bonds is 4. The summed E-state index contributed by atoms with van der Waals surface area (Å²) in [6.45, 7) is 4.22. The fraction of sp³-hybridized carbons (Fsp3) is 0.750. The molecule has 0 aliphatic carbocycles. The Kier molecular flexibility index (Phi) is 4.47. The Bertz CT molecular complexity index is 560. The number of carbonyl (C=O) groups excluding carboxylic acids is 4. The molecule has 1 N–H and O–H groups in total. The lowest BCUT2D eigenvalue weighted by Gasteiger charge is -2.39. The van der Waals surface area contributed by atoms with Crippen molar-refractivity contribution < 1.29 is 19.2 Å². The molecule has 8 heteroatoms. The summed E-state index contributed by atoms with van der Waals surface area (Å²) in [6.07, 6.45) is 3.36. The zero-order valence-electron chi connectivity index (χ0n) is 14.0. The average Bonchev–Trinajstić information content (AvgIpc) is 3.12. The number of hydrogen-bond acceptors (Lipinski definition) is 4. The maximum absolute atomic E-state index is 12.8. The van der Waals surface area contributed by atoms with Gasteiger partial charge in [-0.15, -0.1) is 0 Å². The van der Waals surface area contributed by atoms with Gasteiger partial charge in [-0.1, -0.05) is 6.92 Å². The maximum atomic E-state index is 12.8. The summed E-state index contributed by atoms with van der Waals surface area (Å²) in [6, 6.07) is -0.523. The minimum atomic E-state index is -0.523. The summed E-state index contributed by atoms with van der Waals surface area (Å²) < 4.78 is 0. The van der Waals surface area contributed by atoms with Crippen LogP contribution in [-0.2, 0) is 14.4 Å². The molecule has 132 valence electrons. The molecular formula is C16H24N4O4. The van der Waals surface area contributed by atoms with Gasteiger partial charge in [0.1, 0.15) is 6.54 Å². The monoisotopic (exact) mass is 336 g/mol. The zero-order chi connectivity index (χ0) is 17.3. The van der Waals surface area contributed by atoms with Crippen LogP contribution in [0.25, 0.3) is 0 Å². The van der Waals surface area contributed by atoms with Crippen molar-refractivity contribution in [2.24, 2.45) is 5.41 Å². The van der Waals surface area contributed by atoms with Gasteiger partial charge in [-0.3, -0.25) is 19.3 Å². The molecule has 1 atom stereocenters. The highest BCUT2D eigenvalue weighted by atomic mass is 16.2. The quantitative estimate of drug-likeness (QED) is 0.719. The number of likely N-dealkylation sites (tertiary alicyclic amines) is 2. The number of urea groups is 1. The summed E-state index contributed by atoms with van der Waals surface area (Å²) in [7, 11) is 0. The van der Waals surface area contributed by atoms with Crippen LogP contribution in [0.3, 0.4) is 0 Å². The number of nitrogens with zero attached hydrogens (tertiary/aromatic N) is 3. The Balaban J connectivity index is 1.64. The number of hydrogen-bond donors (Lipinski definition) is 1. The molecule has 3 saturated heterocycles. The van der Waals surface area contributed by atoms with E-state index in [0.717, 1.165) is 37.3 Å². The minimum absolute atomic E-state index is 0.0550. The second kappa shape index (κ2) is 6.41. The van der Waals surface area contributed by atoms with Crippen LogP contribution in [0.1, 0.15) is 32.6 Å². The molecule has 24 heavy (non-hydrogen) atoms. The molecule has 0 radical (unpaired) electrons. The first-order chi connectivity index (χ1) is 11.5. The van der Waals surface area contributed by atoms with Crippen molar-refractivity contribution in [1.29, 1.82) is 0 Å². The topological polar surface area (TPSA) is 90.0 Å². The van der Waals surface area contributed by atoms with Crippen LogP contribution in [0.5, 0.6) is 0 Å². The van der Waals surface area contributed by atoms with E-state index in [9.17, 15) is 19.2 Å². The number of imide groups is 1. The molecule has 0 aromatic heterocycles. The minimum Gasteiger partial charge on any atom is -0.342 e. The predicted molar refractivity (Wildman–Crippen MR) is 84.8 cm³/mol. The zero-order valence-corrected chi connectivity index (χ0v) is 14.0. The molecule has 0 unspecified atom stereocenters. The van der Waals surface area contributed by atoms with Crippen LogP contribution in [-0.4, -0.2) is 77.7 Å². The van der Waals surface area contributed by atoms with Crippen LogP contribution >= 0.6 is 0 Å². The van der Waals surface area contributed by atoms with Gasteiger partial charge in [0.15, 0.2) is 0 Å². The molecule has 0 aromatic carbocycles. The van der Waals surface area contributed by atoms with Crippen molar-refractivity contribution in [2.75, 3.05) is 39.3 Å². The average molecular weight is 336 g/mol. The third-order valence-corrected chi connectivity index (χ3v) is 5.25. The van der Waals surface area contributed by atoms with Gasteiger partial charge in [-0.25, -0.2) is 4.79 Å². The Morgan fingerprint density at radius 2 is 2.00 bits per heavy atom. The van der Waals surface area contributed by atoms with E-state index in [1.54, 1.807) is 4.90 Å².